The number of rotatable bonds is 3. The molecule has 0 spiro atoms. The van der Waals surface area contributed by atoms with E-state index in [1.54, 1.807) is 18.6 Å². The van der Waals surface area contributed by atoms with Crippen molar-refractivity contribution in [1.29, 1.82) is 0 Å². The smallest absolute Gasteiger partial charge is 0.0924 e. The van der Waals surface area contributed by atoms with Gasteiger partial charge in [-0.15, -0.1) is 0 Å². The van der Waals surface area contributed by atoms with Gasteiger partial charge < -0.3 is 0 Å². The van der Waals surface area contributed by atoms with Crippen LogP contribution in [0.15, 0.2) is 73.6 Å². The van der Waals surface area contributed by atoms with E-state index in [-0.39, 0.29) is 0 Å². The van der Waals surface area contributed by atoms with Crippen molar-refractivity contribution in [2.45, 2.75) is 0 Å². The summed E-state index contributed by atoms with van der Waals surface area (Å²) in [7, 11) is 0. The standard InChI is InChI=1S/C15H12N6/c1-6-16-19(9-1)13-4-5-14(20-10-2-7-17-20)15(12-13)21-11-3-8-18-21/h1-12H. The normalized spacial score (nSPS) is 10.9. The molecule has 21 heavy (non-hydrogen) atoms. The maximum atomic E-state index is 4.33. The number of nitrogens with zero attached hydrogens (tertiary/aromatic N) is 6. The summed E-state index contributed by atoms with van der Waals surface area (Å²) in [6.45, 7) is 0. The maximum absolute atomic E-state index is 4.33. The van der Waals surface area contributed by atoms with E-state index in [0.717, 1.165) is 17.1 Å². The van der Waals surface area contributed by atoms with Crippen LogP contribution in [0.4, 0.5) is 0 Å². The summed E-state index contributed by atoms with van der Waals surface area (Å²) in [5.41, 5.74) is 2.87. The zero-order valence-corrected chi connectivity index (χ0v) is 11.1. The molecule has 0 N–H and O–H groups in total. The molecule has 3 heterocycles. The molecule has 4 aromatic rings. The monoisotopic (exact) mass is 276 g/mol. The SMILES string of the molecule is c1cnn(-c2ccc(-n3cccn3)c(-n3cccn3)c2)c1. The molecule has 4 rings (SSSR count). The fourth-order valence-electron chi connectivity index (χ4n) is 2.28. The number of benzene rings is 1. The second-order valence-electron chi connectivity index (χ2n) is 4.52. The lowest BCUT2D eigenvalue weighted by Crippen LogP contribution is -2.06. The third-order valence-corrected chi connectivity index (χ3v) is 3.23. The molecule has 6 heteroatoms. The lowest BCUT2D eigenvalue weighted by molar-refractivity contribution is 0.816. The highest BCUT2D eigenvalue weighted by molar-refractivity contribution is 5.57. The largest absolute Gasteiger partial charge is 0.241 e. The summed E-state index contributed by atoms with van der Waals surface area (Å²) in [6.07, 6.45) is 11.0. The maximum Gasteiger partial charge on any atom is 0.0924 e. The summed E-state index contributed by atoms with van der Waals surface area (Å²) < 4.78 is 5.47. The molecular formula is C15H12N6. The highest BCUT2D eigenvalue weighted by Gasteiger charge is 2.10. The van der Waals surface area contributed by atoms with Crippen LogP contribution in [0.2, 0.25) is 0 Å². The molecule has 0 aliphatic carbocycles. The van der Waals surface area contributed by atoms with E-state index < -0.39 is 0 Å². The molecule has 0 unspecified atom stereocenters. The van der Waals surface area contributed by atoms with Gasteiger partial charge in [-0.2, -0.15) is 15.3 Å². The molecule has 6 nitrogen and oxygen atoms in total. The van der Waals surface area contributed by atoms with Crippen molar-refractivity contribution < 1.29 is 0 Å². The van der Waals surface area contributed by atoms with E-state index in [9.17, 15) is 0 Å². The molecule has 0 radical (unpaired) electrons. The van der Waals surface area contributed by atoms with Gasteiger partial charge in [0.05, 0.1) is 17.1 Å². The Morgan fingerprint density at radius 1 is 0.619 bits per heavy atom. The van der Waals surface area contributed by atoms with Gasteiger partial charge >= 0.3 is 0 Å². The zero-order valence-electron chi connectivity index (χ0n) is 11.1. The fourth-order valence-corrected chi connectivity index (χ4v) is 2.28. The predicted octanol–water partition coefficient (Wildman–Crippen LogP) is 2.24. The minimum absolute atomic E-state index is 0.941. The lowest BCUT2D eigenvalue weighted by atomic mass is 10.2. The molecule has 0 aliphatic heterocycles. The van der Waals surface area contributed by atoms with Gasteiger partial charge in [-0.3, -0.25) is 0 Å². The van der Waals surface area contributed by atoms with Gasteiger partial charge in [0.25, 0.3) is 0 Å². The van der Waals surface area contributed by atoms with E-state index in [1.807, 2.05) is 69.0 Å². The van der Waals surface area contributed by atoms with Crippen LogP contribution in [-0.4, -0.2) is 29.3 Å². The van der Waals surface area contributed by atoms with Gasteiger partial charge in [0, 0.05) is 37.2 Å². The molecule has 1 aromatic carbocycles. The molecular weight excluding hydrogens is 264 g/mol. The van der Waals surface area contributed by atoms with E-state index in [1.165, 1.54) is 0 Å². The molecule has 0 atom stereocenters. The Morgan fingerprint density at radius 2 is 1.19 bits per heavy atom. The zero-order chi connectivity index (χ0) is 14.1. The van der Waals surface area contributed by atoms with Crippen LogP contribution in [-0.2, 0) is 0 Å². The Bertz CT molecular complexity index is 829. The van der Waals surface area contributed by atoms with Gasteiger partial charge in [-0.1, -0.05) is 0 Å². The van der Waals surface area contributed by atoms with Crippen LogP contribution in [0.1, 0.15) is 0 Å². The summed E-state index contributed by atoms with van der Waals surface area (Å²) in [6, 6.07) is 11.8. The van der Waals surface area contributed by atoms with Crippen LogP contribution in [0.3, 0.4) is 0 Å². The van der Waals surface area contributed by atoms with E-state index >= 15 is 0 Å². The van der Waals surface area contributed by atoms with Crippen LogP contribution in [0, 0.1) is 0 Å². The van der Waals surface area contributed by atoms with Crippen molar-refractivity contribution in [3.05, 3.63) is 73.6 Å². The molecule has 0 saturated carbocycles. The van der Waals surface area contributed by atoms with Crippen molar-refractivity contribution in [3.8, 4) is 17.1 Å². The highest BCUT2D eigenvalue weighted by Crippen LogP contribution is 2.21. The van der Waals surface area contributed by atoms with Crippen LogP contribution in [0.5, 0.6) is 0 Å². The Labute approximate surface area is 120 Å². The second kappa shape index (κ2) is 4.75. The number of hydrogen-bond donors (Lipinski definition) is 0. The first-order chi connectivity index (χ1) is 10.4. The predicted molar refractivity (Wildman–Crippen MR) is 77.8 cm³/mol. The number of hydrogen-bond acceptors (Lipinski definition) is 3. The summed E-state index contributed by atoms with van der Waals surface area (Å²) in [5, 5.41) is 12.9. The van der Waals surface area contributed by atoms with Crippen LogP contribution in [0.25, 0.3) is 17.1 Å². The van der Waals surface area contributed by atoms with Crippen molar-refractivity contribution in [3.63, 3.8) is 0 Å². The molecule has 102 valence electrons. The van der Waals surface area contributed by atoms with Crippen molar-refractivity contribution in [2.24, 2.45) is 0 Å². The van der Waals surface area contributed by atoms with E-state index in [2.05, 4.69) is 15.3 Å². The van der Waals surface area contributed by atoms with Crippen LogP contribution >= 0.6 is 0 Å². The minimum atomic E-state index is 0.941. The summed E-state index contributed by atoms with van der Waals surface area (Å²) in [5.74, 6) is 0. The topological polar surface area (TPSA) is 53.5 Å². The van der Waals surface area contributed by atoms with Crippen molar-refractivity contribution in [1.82, 2.24) is 29.3 Å². The third-order valence-electron chi connectivity index (χ3n) is 3.23. The number of aromatic nitrogens is 6. The van der Waals surface area contributed by atoms with E-state index in [4.69, 9.17) is 0 Å². The average Bonchev–Trinajstić information content (AvgIpc) is 3.28. The van der Waals surface area contributed by atoms with Gasteiger partial charge in [-0.05, 0) is 36.4 Å². The molecule has 0 aliphatic rings. The first kappa shape index (κ1) is 11.7. The highest BCUT2D eigenvalue weighted by atomic mass is 15.3. The van der Waals surface area contributed by atoms with Crippen molar-refractivity contribution in [2.75, 3.05) is 0 Å². The lowest BCUT2D eigenvalue weighted by Gasteiger charge is -2.12. The van der Waals surface area contributed by atoms with Gasteiger partial charge in [-0.25, -0.2) is 14.0 Å². The molecule has 0 bridgehead atoms. The van der Waals surface area contributed by atoms with Gasteiger partial charge in [0.2, 0.25) is 0 Å². The molecule has 0 amide bonds. The second-order valence-corrected chi connectivity index (χ2v) is 4.52. The Balaban J connectivity index is 1.92. The van der Waals surface area contributed by atoms with Gasteiger partial charge in [0.15, 0.2) is 0 Å². The molecule has 0 fully saturated rings. The quantitative estimate of drug-likeness (QED) is 0.576. The summed E-state index contributed by atoms with van der Waals surface area (Å²) >= 11 is 0. The van der Waals surface area contributed by atoms with E-state index in [0.29, 0.717) is 0 Å². The average molecular weight is 276 g/mol. The first-order valence-corrected chi connectivity index (χ1v) is 6.56. The Hall–Kier alpha value is -3.15. The molecule has 3 aromatic heterocycles. The Morgan fingerprint density at radius 3 is 1.76 bits per heavy atom. The van der Waals surface area contributed by atoms with Crippen molar-refractivity contribution >= 4 is 0 Å². The minimum Gasteiger partial charge on any atom is -0.241 e. The third kappa shape index (κ3) is 2.02. The Kier molecular flexibility index (Phi) is 2.64. The molecule has 0 saturated heterocycles. The van der Waals surface area contributed by atoms with Gasteiger partial charge in [0.1, 0.15) is 0 Å². The van der Waals surface area contributed by atoms with Crippen LogP contribution < -0.4 is 0 Å². The fraction of sp³-hybridized carbons (Fsp3) is 0. The first-order valence-electron chi connectivity index (χ1n) is 6.56. The summed E-state index contributed by atoms with van der Waals surface area (Å²) in [4.78, 5) is 0.